The van der Waals surface area contributed by atoms with Gasteiger partial charge >= 0.3 is 0 Å². The Morgan fingerprint density at radius 1 is 1.10 bits per heavy atom. The van der Waals surface area contributed by atoms with Crippen molar-refractivity contribution in [1.82, 2.24) is 0 Å². The largest absolute Gasteiger partial charge is 0.326 e. The Labute approximate surface area is 125 Å². The van der Waals surface area contributed by atoms with E-state index in [0.29, 0.717) is 6.54 Å². The van der Waals surface area contributed by atoms with Gasteiger partial charge in [-0.25, -0.2) is 0 Å². The number of benzene rings is 2. The quantitative estimate of drug-likeness (QED) is 0.861. The molecule has 1 nitrogen and oxygen atoms in total. The summed E-state index contributed by atoms with van der Waals surface area (Å²) < 4.78 is 0. The average molecular weight is 285 g/mol. The summed E-state index contributed by atoms with van der Waals surface area (Å²) in [6.45, 7) is 3.01. The molecule has 0 heterocycles. The first-order chi connectivity index (χ1) is 9.78. The van der Waals surface area contributed by atoms with Gasteiger partial charge in [-0.05, 0) is 41.2 Å². The fraction of sp³-hybridized carbons (Fsp3) is 0.444. The summed E-state index contributed by atoms with van der Waals surface area (Å²) in [6.07, 6.45) is 5.52. The standard InChI is InChI=1S/C18H23NS/c1-13-5-4-6-15(11-13)20-18-10-9-14(12-19)16-7-2-3-8-17(16)18/h2-3,7-10,13,15H,4-6,11-12,19H2,1H3. The lowest BCUT2D eigenvalue weighted by Gasteiger charge is -2.26. The number of rotatable bonds is 3. The summed E-state index contributed by atoms with van der Waals surface area (Å²) >= 11 is 2.08. The zero-order valence-electron chi connectivity index (χ0n) is 12.1. The van der Waals surface area contributed by atoms with Gasteiger partial charge in [0.25, 0.3) is 0 Å². The van der Waals surface area contributed by atoms with Gasteiger partial charge in [-0.15, -0.1) is 11.8 Å². The van der Waals surface area contributed by atoms with E-state index < -0.39 is 0 Å². The molecule has 0 aromatic heterocycles. The molecule has 0 spiro atoms. The van der Waals surface area contributed by atoms with Crippen molar-refractivity contribution in [2.24, 2.45) is 11.7 Å². The van der Waals surface area contributed by atoms with Crippen LogP contribution in [0.2, 0.25) is 0 Å². The van der Waals surface area contributed by atoms with E-state index in [0.717, 1.165) is 11.2 Å². The average Bonchev–Trinajstić information content (AvgIpc) is 2.48. The molecule has 1 aliphatic rings. The lowest BCUT2D eigenvalue weighted by molar-refractivity contribution is 0.394. The first-order valence-electron chi connectivity index (χ1n) is 7.65. The van der Waals surface area contributed by atoms with E-state index >= 15 is 0 Å². The van der Waals surface area contributed by atoms with E-state index in [-0.39, 0.29) is 0 Å². The second-order valence-electron chi connectivity index (χ2n) is 5.98. The van der Waals surface area contributed by atoms with Crippen molar-refractivity contribution in [1.29, 1.82) is 0 Å². The molecular formula is C18H23NS. The van der Waals surface area contributed by atoms with Crippen molar-refractivity contribution in [2.75, 3.05) is 0 Å². The molecule has 0 radical (unpaired) electrons. The van der Waals surface area contributed by atoms with E-state index in [1.165, 1.54) is 46.9 Å². The van der Waals surface area contributed by atoms with Crippen LogP contribution < -0.4 is 5.73 Å². The van der Waals surface area contributed by atoms with Crippen LogP contribution in [0.3, 0.4) is 0 Å². The van der Waals surface area contributed by atoms with Crippen LogP contribution in [-0.2, 0) is 6.54 Å². The van der Waals surface area contributed by atoms with Crippen molar-refractivity contribution in [3.63, 3.8) is 0 Å². The molecule has 2 atom stereocenters. The Bertz CT molecular complexity index is 593. The smallest absolute Gasteiger partial charge is 0.0184 e. The van der Waals surface area contributed by atoms with Gasteiger partial charge in [0, 0.05) is 16.7 Å². The third kappa shape index (κ3) is 2.87. The summed E-state index contributed by atoms with van der Waals surface area (Å²) in [7, 11) is 0. The number of nitrogens with two attached hydrogens (primary N) is 1. The number of hydrogen-bond acceptors (Lipinski definition) is 2. The van der Waals surface area contributed by atoms with Gasteiger partial charge in [-0.3, -0.25) is 0 Å². The predicted molar refractivity (Wildman–Crippen MR) is 89.1 cm³/mol. The number of thioether (sulfide) groups is 1. The van der Waals surface area contributed by atoms with Gasteiger partial charge in [-0.1, -0.05) is 50.1 Å². The second kappa shape index (κ2) is 6.19. The van der Waals surface area contributed by atoms with Gasteiger partial charge in [-0.2, -0.15) is 0 Å². The minimum Gasteiger partial charge on any atom is -0.326 e. The number of hydrogen-bond donors (Lipinski definition) is 1. The Balaban J connectivity index is 1.92. The molecule has 0 bridgehead atoms. The van der Waals surface area contributed by atoms with Gasteiger partial charge in [0.05, 0.1) is 0 Å². The SMILES string of the molecule is CC1CCCC(Sc2ccc(CN)c3ccccc23)C1. The van der Waals surface area contributed by atoms with E-state index in [9.17, 15) is 0 Å². The van der Waals surface area contributed by atoms with E-state index in [2.05, 4.69) is 55.1 Å². The zero-order valence-corrected chi connectivity index (χ0v) is 13.0. The fourth-order valence-corrected chi connectivity index (χ4v) is 4.80. The first kappa shape index (κ1) is 14.0. The summed E-state index contributed by atoms with van der Waals surface area (Å²) in [5, 5.41) is 3.48. The maximum absolute atomic E-state index is 5.86. The van der Waals surface area contributed by atoms with Crippen LogP contribution in [0.25, 0.3) is 10.8 Å². The summed E-state index contributed by atoms with van der Waals surface area (Å²) in [4.78, 5) is 1.43. The van der Waals surface area contributed by atoms with E-state index in [1.54, 1.807) is 0 Å². The highest BCUT2D eigenvalue weighted by Crippen LogP contribution is 2.39. The van der Waals surface area contributed by atoms with Gasteiger partial charge < -0.3 is 5.73 Å². The first-order valence-corrected chi connectivity index (χ1v) is 8.53. The molecule has 0 aliphatic heterocycles. The molecule has 2 aromatic rings. The van der Waals surface area contributed by atoms with Crippen LogP contribution >= 0.6 is 11.8 Å². The molecule has 2 aromatic carbocycles. The maximum Gasteiger partial charge on any atom is 0.0184 e. The van der Waals surface area contributed by atoms with Crippen molar-refractivity contribution in [3.8, 4) is 0 Å². The second-order valence-corrected chi connectivity index (χ2v) is 7.33. The third-order valence-electron chi connectivity index (χ3n) is 4.38. The molecule has 2 N–H and O–H groups in total. The van der Waals surface area contributed by atoms with Gasteiger partial charge in [0.2, 0.25) is 0 Å². The minimum atomic E-state index is 0.617. The molecule has 106 valence electrons. The summed E-state index contributed by atoms with van der Waals surface area (Å²) in [6, 6.07) is 13.2. The van der Waals surface area contributed by atoms with Gasteiger partial charge in [0.15, 0.2) is 0 Å². The molecule has 20 heavy (non-hydrogen) atoms. The van der Waals surface area contributed by atoms with Crippen LogP contribution in [0.15, 0.2) is 41.3 Å². The zero-order chi connectivity index (χ0) is 13.9. The Morgan fingerprint density at radius 3 is 2.65 bits per heavy atom. The molecule has 0 saturated heterocycles. The molecule has 1 aliphatic carbocycles. The molecular weight excluding hydrogens is 262 g/mol. The lowest BCUT2D eigenvalue weighted by atomic mass is 9.91. The summed E-state index contributed by atoms with van der Waals surface area (Å²) in [5.74, 6) is 0.885. The highest BCUT2D eigenvalue weighted by molar-refractivity contribution is 8.00. The van der Waals surface area contributed by atoms with Crippen LogP contribution in [0.5, 0.6) is 0 Å². The maximum atomic E-state index is 5.86. The van der Waals surface area contributed by atoms with Crippen LogP contribution in [0, 0.1) is 5.92 Å². The minimum absolute atomic E-state index is 0.617. The topological polar surface area (TPSA) is 26.0 Å². The van der Waals surface area contributed by atoms with E-state index in [4.69, 9.17) is 5.73 Å². The van der Waals surface area contributed by atoms with E-state index in [1.807, 2.05) is 0 Å². The van der Waals surface area contributed by atoms with Crippen LogP contribution in [0.4, 0.5) is 0 Å². The molecule has 1 saturated carbocycles. The van der Waals surface area contributed by atoms with Crippen molar-refractivity contribution < 1.29 is 0 Å². The monoisotopic (exact) mass is 285 g/mol. The van der Waals surface area contributed by atoms with Gasteiger partial charge in [0.1, 0.15) is 0 Å². The lowest BCUT2D eigenvalue weighted by Crippen LogP contribution is -2.14. The Morgan fingerprint density at radius 2 is 1.90 bits per heavy atom. The number of fused-ring (bicyclic) bond motifs is 1. The Kier molecular flexibility index (Phi) is 4.32. The molecule has 2 heteroatoms. The third-order valence-corrected chi connectivity index (χ3v) is 5.75. The van der Waals surface area contributed by atoms with Crippen molar-refractivity contribution >= 4 is 22.5 Å². The molecule has 3 rings (SSSR count). The molecule has 2 unspecified atom stereocenters. The Hall–Kier alpha value is -0.990. The molecule has 1 fully saturated rings. The highest BCUT2D eigenvalue weighted by atomic mass is 32.2. The fourth-order valence-electron chi connectivity index (χ4n) is 3.28. The molecule has 0 amide bonds. The highest BCUT2D eigenvalue weighted by Gasteiger charge is 2.20. The predicted octanol–water partition coefficient (Wildman–Crippen LogP) is 4.97. The van der Waals surface area contributed by atoms with Crippen molar-refractivity contribution in [3.05, 3.63) is 42.0 Å². The van der Waals surface area contributed by atoms with Crippen LogP contribution in [-0.4, -0.2) is 5.25 Å². The van der Waals surface area contributed by atoms with Crippen molar-refractivity contribution in [2.45, 2.75) is 49.3 Å². The normalized spacial score (nSPS) is 23.1. The summed E-state index contributed by atoms with van der Waals surface area (Å²) in [5.41, 5.74) is 7.11. The van der Waals surface area contributed by atoms with Crippen LogP contribution in [0.1, 0.15) is 38.2 Å².